The molecule has 0 aromatic heterocycles. The molecule has 11 nitrogen and oxygen atoms in total. The highest BCUT2D eigenvalue weighted by Crippen LogP contribution is 2.30. The van der Waals surface area contributed by atoms with Gasteiger partial charge >= 0.3 is 23.9 Å². The average molecular weight is 479 g/mol. The van der Waals surface area contributed by atoms with E-state index in [1.807, 2.05) is 0 Å². The zero-order valence-electron chi connectivity index (χ0n) is 15.6. The third kappa shape index (κ3) is 9.29. The molecule has 0 unspecified atom stereocenters. The average Bonchev–Trinajstić information content (AvgIpc) is 2.58. The van der Waals surface area contributed by atoms with Gasteiger partial charge in [0.1, 0.15) is 0 Å². The highest BCUT2D eigenvalue weighted by Gasteiger charge is 2.48. The van der Waals surface area contributed by atoms with Crippen molar-refractivity contribution in [3.05, 3.63) is 0 Å². The second kappa shape index (κ2) is 11.8. The summed E-state index contributed by atoms with van der Waals surface area (Å²) >= 11 is 16.6. The summed E-state index contributed by atoms with van der Waals surface area (Å²) in [6, 6.07) is 0. The zero-order valence-corrected chi connectivity index (χ0v) is 17.9. The van der Waals surface area contributed by atoms with Crippen molar-refractivity contribution in [3.63, 3.8) is 0 Å². The molecule has 0 fully saturated rings. The van der Waals surface area contributed by atoms with Gasteiger partial charge in [-0.05, 0) is 0 Å². The maximum absolute atomic E-state index is 12.2. The molecule has 0 rings (SSSR count). The van der Waals surface area contributed by atoms with Crippen molar-refractivity contribution < 1.29 is 47.7 Å². The number of hydrogen-bond donors (Lipinski definition) is 1. The number of alkyl halides is 3. The summed E-state index contributed by atoms with van der Waals surface area (Å²) in [5.74, 6) is -5.29. The van der Waals surface area contributed by atoms with E-state index in [1.165, 1.54) is 0 Å². The lowest BCUT2D eigenvalue weighted by Gasteiger charge is -2.33. The van der Waals surface area contributed by atoms with Crippen LogP contribution in [0.1, 0.15) is 20.8 Å². The number of carbonyl (C=O) groups is 5. The van der Waals surface area contributed by atoms with Gasteiger partial charge in [0.25, 0.3) is 3.79 Å². The highest BCUT2D eigenvalue weighted by molar-refractivity contribution is 6.76. The van der Waals surface area contributed by atoms with Crippen LogP contribution < -0.4 is 0 Å². The maximum atomic E-state index is 12.2. The monoisotopic (exact) mass is 477 g/mol. The van der Waals surface area contributed by atoms with Crippen molar-refractivity contribution in [2.24, 2.45) is 0 Å². The Hall–Kier alpha value is -2.11. The predicted octanol–water partition coefficient (Wildman–Crippen LogP) is 0.886. The largest absolute Gasteiger partial charge is 0.466 e. The van der Waals surface area contributed by atoms with E-state index < -0.39 is 58.0 Å². The number of halogens is 3. The Bertz CT molecular complexity index is 663. The fourth-order valence-corrected chi connectivity index (χ4v) is 2.06. The topological polar surface area (TPSA) is 155 Å². The van der Waals surface area contributed by atoms with Crippen LogP contribution in [0.3, 0.4) is 0 Å². The van der Waals surface area contributed by atoms with Crippen LogP contribution in [0.25, 0.3) is 0 Å². The summed E-state index contributed by atoms with van der Waals surface area (Å²) in [6.45, 7) is 2.81. The van der Waals surface area contributed by atoms with Crippen LogP contribution >= 0.6 is 34.8 Å². The molecule has 0 aliphatic carbocycles. The number of rotatable bonds is 9. The van der Waals surface area contributed by atoms with E-state index in [9.17, 15) is 24.0 Å². The number of esters is 4. The molecular weight excluding hydrogens is 461 g/mol. The zero-order chi connectivity index (χ0) is 22.9. The Labute approximate surface area is 180 Å². The molecule has 1 N–H and O–H groups in total. The van der Waals surface area contributed by atoms with Crippen LogP contribution in [0.2, 0.25) is 0 Å². The second-order valence-electron chi connectivity index (χ2n) is 5.25. The van der Waals surface area contributed by atoms with Gasteiger partial charge in [0, 0.05) is 20.8 Å². The predicted molar refractivity (Wildman–Crippen MR) is 97.6 cm³/mol. The Morgan fingerprint density at radius 3 is 1.66 bits per heavy atom. The van der Waals surface area contributed by atoms with Crippen LogP contribution in [0.4, 0.5) is 0 Å². The first-order valence-electron chi connectivity index (χ1n) is 7.61. The van der Waals surface area contributed by atoms with Gasteiger partial charge in [0.05, 0.1) is 7.11 Å². The number of ether oxygens (including phenoxy) is 5. The van der Waals surface area contributed by atoms with Gasteiger partial charge in [-0.3, -0.25) is 24.6 Å². The molecule has 0 radical (unpaired) electrons. The van der Waals surface area contributed by atoms with Crippen LogP contribution in [0.15, 0.2) is 0 Å². The normalized spacial score (nSPS) is 15.0. The van der Waals surface area contributed by atoms with Gasteiger partial charge in [-0.25, -0.2) is 4.79 Å². The quantitative estimate of drug-likeness (QED) is 0.126. The van der Waals surface area contributed by atoms with Gasteiger partial charge in [-0.1, -0.05) is 34.8 Å². The Morgan fingerprint density at radius 1 is 0.862 bits per heavy atom. The lowest BCUT2D eigenvalue weighted by atomic mass is 10.0. The van der Waals surface area contributed by atoms with Crippen molar-refractivity contribution in [2.45, 2.75) is 49.0 Å². The summed E-state index contributed by atoms with van der Waals surface area (Å²) in [6.07, 6.45) is -7.61. The van der Waals surface area contributed by atoms with Crippen LogP contribution in [-0.4, -0.2) is 71.4 Å². The molecule has 4 atom stereocenters. The van der Waals surface area contributed by atoms with E-state index in [0.29, 0.717) is 0 Å². The number of methoxy groups -OCH3 is 1. The molecule has 0 spiro atoms. The second-order valence-corrected chi connectivity index (χ2v) is 7.53. The van der Waals surface area contributed by atoms with Gasteiger partial charge in [0.15, 0.2) is 24.6 Å². The minimum Gasteiger partial charge on any atom is -0.466 e. The number of nitrogens with one attached hydrogen (secondary N) is 1. The summed E-state index contributed by atoms with van der Waals surface area (Å²) in [5.41, 5.74) is 0. The SMILES string of the molecule is COC(=O)[C@@H](OC(=N)C(Cl)(Cl)Cl)[C@@H](OC(C)=O)[C@H](OC(C)=O)[C@H](C=O)OC(C)=O. The van der Waals surface area contributed by atoms with Crippen LogP contribution in [-0.2, 0) is 47.7 Å². The van der Waals surface area contributed by atoms with E-state index in [1.54, 1.807) is 0 Å². The number of aldehydes is 1. The molecule has 0 saturated carbocycles. The third-order valence-corrected chi connectivity index (χ3v) is 3.44. The first-order chi connectivity index (χ1) is 13.2. The molecule has 164 valence electrons. The minimum absolute atomic E-state index is 0.0696. The van der Waals surface area contributed by atoms with Crippen molar-refractivity contribution in [1.29, 1.82) is 5.41 Å². The van der Waals surface area contributed by atoms with Crippen molar-refractivity contribution >= 4 is 70.9 Å². The first-order valence-corrected chi connectivity index (χ1v) is 8.75. The van der Waals surface area contributed by atoms with Gasteiger partial charge in [-0.15, -0.1) is 0 Å². The first kappa shape index (κ1) is 26.9. The van der Waals surface area contributed by atoms with Crippen molar-refractivity contribution in [2.75, 3.05) is 7.11 Å². The molecular formula is C15H18Cl3NO10. The lowest BCUT2D eigenvalue weighted by Crippen LogP contribution is -2.55. The molecule has 0 aromatic carbocycles. The Morgan fingerprint density at radius 2 is 1.31 bits per heavy atom. The van der Waals surface area contributed by atoms with E-state index in [0.717, 1.165) is 27.9 Å². The maximum Gasteiger partial charge on any atom is 0.351 e. The van der Waals surface area contributed by atoms with Gasteiger partial charge in [0.2, 0.25) is 12.0 Å². The molecule has 0 amide bonds. The molecule has 0 heterocycles. The summed E-state index contributed by atoms with van der Waals surface area (Å²) in [4.78, 5) is 58.0. The molecule has 0 aliphatic heterocycles. The molecule has 0 bridgehead atoms. The smallest absolute Gasteiger partial charge is 0.351 e. The highest BCUT2D eigenvalue weighted by atomic mass is 35.6. The Balaban J connectivity index is 6.34. The van der Waals surface area contributed by atoms with Gasteiger partial charge in [-0.2, -0.15) is 0 Å². The fraction of sp³-hybridized carbons (Fsp3) is 0.600. The van der Waals surface area contributed by atoms with Crippen LogP contribution in [0, 0.1) is 5.41 Å². The van der Waals surface area contributed by atoms with Crippen LogP contribution in [0.5, 0.6) is 0 Å². The summed E-state index contributed by atoms with van der Waals surface area (Å²) in [7, 11) is 0.923. The third-order valence-electron chi connectivity index (χ3n) is 2.92. The standard InChI is InChI=1S/C15H18Cl3NO10/c1-6(21)26-9(5-20)10(27-7(2)22)11(28-8(3)23)12(13(24)25-4)29-14(19)15(16,17)18/h5,9-12,19H,1-4H3/t9-,10+,11-,12-/m0/s1. The molecule has 0 aliphatic rings. The summed E-state index contributed by atoms with van der Waals surface area (Å²) < 4.78 is 21.7. The number of hydrogen-bond acceptors (Lipinski definition) is 11. The van der Waals surface area contributed by atoms with E-state index in [4.69, 9.17) is 59.2 Å². The molecule has 29 heavy (non-hydrogen) atoms. The number of carbonyl (C=O) groups excluding carboxylic acids is 5. The summed E-state index contributed by atoms with van der Waals surface area (Å²) in [5, 5.41) is 7.63. The van der Waals surface area contributed by atoms with E-state index >= 15 is 0 Å². The lowest BCUT2D eigenvalue weighted by molar-refractivity contribution is -0.195. The minimum atomic E-state index is -2.43. The molecule has 0 aromatic rings. The van der Waals surface area contributed by atoms with E-state index in [-0.39, 0.29) is 6.29 Å². The van der Waals surface area contributed by atoms with Crippen molar-refractivity contribution in [1.82, 2.24) is 0 Å². The van der Waals surface area contributed by atoms with Crippen molar-refractivity contribution in [3.8, 4) is 0 Å². The Kier molecular flexibility index (Phi) is 10.9. The fourth-order valence-electron chi connectivity index (χ4n) is 1.93. The van der Waals surface area contributed by atoms with E-state index in [2.05, 4.69) is 4.74 Å². The molecule has 0 saturated heterocycles. The molecule has 14 heteroatoms. The van der Waals surface area contributed by atoms with Gasteiger partial charge < -0.3 is 23.7 Å².